The number of phenols is 1. The molecule has 19 heavy (non-hydrogen) atoms. The van der Waals surface area contributed by atoms with Crippen molar-refractivity contribution in [2.24, 2.45) is 5.92 Å². The van der Waals surface area contributed by atoms with Crippen molar-refractivity contribution in [2.75, 3.05) is 6.61 Å². The van der Waals surface area contributed by atoms with Crippen molar-refractivity contribution in [2.45, 2.75) is 50.8 Å². The molecule has 1 heterocycles. The van der Waals surface area contributed by atoms with Crippen LogP contribution in [0.3, 0.4) is 0 Å². The van der Waals surface area contributed by atoms with Gasteiger partial charge in [0.1, 0.15) is 5.75 Å². The molecule has 1 aromatic rings. The van der Waals surface area contributed by atoms with E-state index in [4.69, 9.17) is 4.74 Å². The molecule has 1 saturated carbocycles. The molecule has 1 aliphatic heterocycles. The van der Waals surface area contributed by atoms with E-state index in [1.165, 1.54) is 18.4 Å². The van der Waals surface area contributed by atoms with Crippen molar-refractivity contribution in [3.05, 3.63) is 29.8 Å². The number of nitrogens with one attached hydrogen (secondary N) is 1. The lowest BCUT2D eigenvalue weighted by Gasteiger charge is -2.26. The Morgan fingerprint density at radius 2 is 2.00 bits per heavy atom. The first kappa shape index (κ1) is 12.9. The largest absolute Gasteiger partial charge is 0.508 e. The fraction of sp³-hybridized carbons (Fsp3) is 0.625. The number of ether oxygens (including phenoxy) is 1. The molecule has 0 amide bonds. The lowest BCUT2D eigenvalue weighted by molar-refractivity contribution is 0.0787. The maximum absolute atomic E-state index is 9.38. The van der Waals surface area contributed by atoms with Crippen molar-refractivity contribution < 1.29 is 9.84 Å². The molecule has 3 nitrogen and oxygen atoms in total. The van der Waals surface area contributed by atoms with Gasteiger partial charge in [0, 0.05) is 18.7 Å². The molecule has 3 atom stereocenters. The zero-order chi connectivity index (χ0) is 13.2. The Bertz CT molecular complexity index is 413. The standard InChI is InChI=1S/C16H23NO2/c1-2-14(11-5-7-13(18)8-6-11)17-15-9-10-19-16(15)12-3-4-12/h5-8,12,14-18H,2-4,9-10H2,1H3. The smallest absolute Gasteiger partial charge is 0.115 e. The summed E-state index contributed by atoms with van der Waals surface area (Å²) in [4.78, 5) is 0. The SMILES string of the molecule is CCC(NC1CCOC1C1CC1)c1ccc(O)cc1. The van der Waals surface area contributed by atoms with Crippen molar-refractivity contribution in [3.8, 4) is 5.75 Å². The number of aromatic hydroxyl groups is 1. The van der Waals surface area contributed by atoms with Crippen LogP contribution in [-0.4, -0.2) is 23.9 Å². The van der Waals surface area contributed by atoms with Gasteiger partial charge in [-0.15, -0.1) is 0 Å². The van der Waals surface area contributed by atoms with E-state index in [1.54, 1.807) is 12.1 Å². The van der Waals surface area contributed by atoms with Crippen LogP contribution in [0.15, 0.2) is 24.3 Å². The quantitative estimate of drug-likeness (QED) is 0.856. The van der Waals surface area contributed by atoms with Gasteiger partial charge in [0.05, 0.1) is 6.10 Å². The van der Waals surface area contributed by atoms with Gasteiger partial charge in [-0.05, 0) is 49.3 Å². The first-order valence-electron chi connectivity index (χ1n) is 7.44. The first-order valence-corrected chi connectivity index (χ1v) is 7.44. The topological polar surface area (TPSA) is 41.5 Å². The average Bonchev–Trinajstić information content (AvgIpc) is 3.17. The average molecular weight is 261 g/mol. The molecule has 0 aromatic heterocycles. The monoisotopic (exact) mass is 261 g/mol. The molecule has 104 valence electrons. The van der Waals surface area contributed by atoms with Gasteiger partial charge in [0.2, 0.25) is 0 Å². The Morgan fingerprint density at radius 3 is 2.63 bits per heavy atom. The van der Waals surface area contributed by atoms with Crippen LogP contribution in [0.25, 0.3) is 0 Å². The Hall–Kier alpha value is -1.06. The maximum atomic E-state index is 9.38. The van der Waals surface area contributed by atoms with Crippen LogP contribution in [0, 0.1) is 5.92 Å². The van der Waals surface area contributed by atoms with Crippen LogP contribution in [0.4, 0.5) is 0 Å². The van der Waals surface area contributed by atoms with E-state index in [9.17, 15) is 5.11 Å². The summed E-state index contributed by atoms with van der Waals surface area (Å²) >= 11 is 0. The van der Waals surface area contributed by atoms with Crippen LogP contribution in [0.1, 0.15) is 44.2 Å². The molecule has 3 heteroatoms. The molecule has 3 rings (SSSR count). The zero-order valence-electron chi connectivity index (χ0n) is 11.5. The van der Waals surface area contributed by atoms with Crippen molar-refractivity contribution in [1.29, 1.82) is 0 Å². The van der Waals surface area contributed by atoms with Crippen molar-refractivity contribution in [3.63, 3.8) is 0 Å². The van der Waals surface area contributed by atoms with Gasteiger partial charge < -0.3 is 15.2 Å². The summed E-state index contributed by atoms with van der Waals surface area (Å²) in [6, 6.07) is 8.41. The highest BCUT2D eigenvalue weighted by atomic mass is 16.5. The Labute approximate surface area is 115 Å². The van der Waals surface area contributed by atoms with Gasteiger partial charge >= 0.3 is 0 Å². The first-order chi connectivity index (χ1) is 9.28. The van der Waals surface area contributed by atoms with Gasteiger partial charge in [-0.2, -0.15) is 0 Å². The van der Waals surface area contributed by atoms with E-state index in [1.807, 2.05) is 12.1 Å². The molecule has 1 aliphatic carbocycles. The summed E-state index contributed by atoms with van der Waals surface area (Å²) in [6.45, 7) is 3.09. The lowest BCUT2D eigenvalue weighted by Crippen LogP contribution is -2.39. The van der Waals surface area contributed by atoms with E-state index in [0.717, 1.165) is 25.4 Å². The van der Waals surface area contributed by atoms with Gasteiger partial charge in [-0.25, -0.2) is 0 Å². The highest BCUT2D eigenvalue weighted by Gasteiger charge is 2.41. The fourth-order valence-corrected chi connectivity index (χ4v) is 3.09. The van der Waals surface area contributed by atoms with Crippen LogP contribution in [0.2, 0.25) is 0 Å². The minimum absolute atomic E-state index is 0.332. The second-order valence-corrected chi connectivity index (χ2v) is 5.79. The molecule has 2 N–H and O–H groups in total. The molecule has 1 saturated heterocycles. The predicted molar refractivity (Wildman–Crippen MR) is 75.1 cm³/mol. The molecular formula is C16H23NO2. The van der Waals surface area contributed by atoms with E-state index in [0.29, 0.717) is 23.9 Å². The summed E-state index contributed by atoms with van der Waals surface area (Å²) < 4.78 is 5.89. The Morgan fingerprint density at radius 1 is 1.26 bits per heavy atom. The van der Waals surface area contributed by atoms with Crippen molar-refractivity contribution >= 4 is 0 Å². The number of hydrogen-bond donors (Lipinski definition) is 2. The summed E-state index contributed by atoms with van der Waals surface area (Å²) in [7, 11) is 0. The van der Waals surface area contributed by atoms with Crippen LogP contribution >= 0.6 is 0 Å². The van der Waals surface area contributed by atoms with Crippen LogP contribution < -0.4 is 5.32 Å². The Balaban J connectivity index is 1.67. The molecule has 0 bridgehead atoms. The third-order valence-electron chi connectivity index (χ3n) is 4.34. The van der Waals surface area contributed by atoms with Gasteiger partial charge in [0.15, 0.2) is 0 Å². The second kappa shape index (κ2) is 5.51. The minimum Gasteiger partial charge on any atom is -0.508 e. The zero-order valence-corrected chi connectivity index (χ0v) is 11.5. The molecule has 0 spiro atoms. The summed E-state index contributed by atoms with van der Waals surface area (Å²) in [5, 5.41) is 13.1. The third-order valence-corrected chi connectivity index (χ3v) is 4.34. The normalized spacial score (nSPS) is 28.5. The molecule has 2 aliphatic rings. The van der Waals surface area contributed by atoms with Crippen LogP contribution in [-0.2, 0) is 4.74 Å². The van der Waals surface area contributed by atoms with E-state index in [-0.39, 0.29) is 0 Å². The van der Waals surface area contributed by atoms with Gasteiger partial charge in [-0.1, -0.05) is 19.1 Å². The van der Waals surface area contributed by atoms with E-state index < -0.39 is 0 Å². The van der Waals surface area contributed by atoms with E-state index >= 15 is 0 Å². The number of hydrogen-bond acceptors (Lipinski definition) is 3. The highest BCUT2D eigenvalue weighted by Crippen LogP contribution is 2.39. The molecule has 1 aromatic carbocycles. The number of benzene rings is 1. The summed E-state index contributed by atoms with van der Waals surface area (Å²) in [5.41, 5.74) is 1.25. The fourth-order valence-electron chi connectivity index (χ4n) is 3.09. The van der Waals surface area contributed by atoms with E-state index in [2.05, 4.69) is 12.2 Å². The maximum Gasteiger partial charge on any atom is 0.115 e. The van der Waals surface area contributed by atoms with Gasteiger partial charge in [0.25, 0.3) is 0 Å². The lowest BCUT2D eigenvalue weighted by atomic mass is 10.00. The predicted octanol–water partition coefficient (Wildman–Crippen LogP) is 3.00. The van der Waals surface area contributed by atoms with Crippen LogP contribution in [0.5, 0.6) is 5.75 Å². The second-order valence-electron chi connectivity index (χ2n) is 5.79. The highest BCUT2D eigenvalue weighted by molar-refractivity contribution is 5.28. The summed E-state index contributed by atoms with van der Waals surface area (Å²) in [6.07, 6.45) is 5.26. The third kappa shape index (κ3) is 2.93. The Kier molecular flexibility index (Phi) is 3.76. The summed E-state index contributed by atoms with van der Waals surface area (Å²) in [5.74, 6) is 1.12. The van der Waals surface area contributed by atoms with Gasteiger partial charge in [-0.3, -0.25) is 0 Å². The molecular weight excluding hydrogens is 238 g/mol. The number of rotatable bonds is 5. The molecule has 2 fully saturated rings. The number of phenolic OH excluding ortho intramolecular Hbond substituents is 1. The minimum atomic E-state index is 0.332. The van der Waals surface area contributed by atoms with Crippen molar-refractivity contribution in [1.82, 2.24) is 5.32 Å². The molecule has 3 unspecified atom stereocenters. The molecule has 0 radical (unpaired) electrons.